The summed E-state index contributed by atoms with van der Waals surface area (Å²) in [5.74, 6) is 0.611. The quantitative estimate of drug-likeness (QED) is 0.821. The lowest BCUT2D eigenvalue weighted by atomic mass is 9.79. The van der Waals surface area contributed by atoms with E-state index in [1.807, 2.05) is 31.2 Å². The Morgan fingerprint density at radius 3 is 2.47 bits per heavy atom. The monoisotopic (exact) mass is 278 g/mol. The van der Waals surface area contributed by atoms with Gasteiger partial charge >= 0.3 is 0 Å². The Hall–Kier alpha value is -1.28. The van der Waals surface area contributed by atoms with Gasteiger partial charge in [0.15, 0.2) is 5.78 Å². The van der Waals surface area contributed by atoms with E-state index in [9.17, 15) is 4.79 Å². The maximum Gasteiger partial charge on any atom is 0.178 e. The van der Waals surface area contributed by atoms with Crippen molar-refractivity contribution < 1.29 is 9.53 Å². The molecule has 0 radical (unpaired) electrons. The number of ketones is 1. The van der Waals surface area contributed by atoms with Gasteiger partial charge in [-0.2, -0.15) is 0 Å². The highest BCUT2D eigenvalue weighted by molar-refractivity contribution is 6.43. The molecular formula is C16H19ClO2. The van der Waals surface area contributed by atoms with Crippen molar-refractivity contribution in [3.05, 3.63) is 46.2 Å². The fourth-order valence-corrected chi connectivity index (χ4v) is 2.40. The molecule has 102 valence electrons. The third-order valence-corrected chi connectivity index (χ3v) is 3.72. The largest absolute Gasteiger partial charge is 0.492 e. The number of rotatable bonds is 3. The van der Waals surface area contributed by atoms with Crippen LogP contribution < -0.4 is 0 Å². The first-order valence-corrected chi connectivity index (χ1v) is 6.85. The van der Waals surface area contributed by atoms with Crippen molar-refractivity contribution in [3.8, 4) is 0 Å². The number of hydrogen-bond acceptors (Lipinski definition) is 2. The molecule has 2 nitrogen and oxygen atoms in total. The van der Waals surface area contributed by atoms with Crippen LogP contribution in [0.4, 0.5) is 0 Å². The van der Waals surface area contributed by atoms with Crippen molar-refractivity contribution in [1.82, 2.24) is 0 Å². The van der Waals surface area contributed by atoms with Gasteiger partial charge in [0.2, 0.25) is 0 Å². The molecule has 1 aromatic rings. The number of hydrogen-bond donors (Lipinski definition) is 0. The molecule has 1 aliphatic rings. The Kier molecular flexibility index (Phi) is 4.00. The summed E-state index contributed by atoms with van der Waals surface area (Å²) in [4.78, 5) is 11.8. The van der Waals surface area contributed by atoms with Gasteiger partial charge in [0.1, 0.15) is 17.4 Å². The first-order chi connectivity index (χ1) is 8.87. The minimum absolute atomic E-state index is 0.0168. The number of ether oxygens (including phenoxy) is 1. The maximum absolute atomic E-state index is 11.8. The van der Waals surface area contributed by atoms with Crippen LogP contribution in [0.15, 0.2) is 35.1 Å². The Bertz CT molecular complexity index is 512. The number of carbonyl (C=O) groups is 1. The van der Waals surface area contributed by atoms with Crippen LogP contribution in [0.3, 0.4) is 0 Å². The van der Waals surface area contributed by atoms with Crippen LogP contribution in [0.2, 0.25) is 0 Å². The number of halogens is 1. The molecule has 0 unspecified atom stereocenters. The molecular weight excluding hydrogens is 260 g/mol. The lowest BCUT2D eigenvalue weighted by Gasteiger charge is -2.30. The maximum atomic E-state index is 11.8. The van der Waals surface area contributed by atoms with Gasteiger partial charge in [-0.25, -0.2) is 0 Å². The van der Waals surface area contributed by atoms with Gasteiger partial charge in [0.25, 0.3) is 0 Å². The van der Waals surface area contributed by atoms with Crippen LogP contribution >= 0.6 is 11.6 Å². The number of aryl methyl sites for hydroxylation is 1. The molecule has 19 heavy (non-hydrogen) atoms. The normalized spacial score (nSPS) is 18.6. The summed E-state index contributed by atoms with van der Waals surface area (Å²) < 4.78 is 5.75. The summed E-state index contributed by atoms with van der Waals surface area (Å²) in [6.45, 7) is 6.62. The van der Waals surface area contributed by atoms with Gasteiger partial charge in [-0.05, 0) is 17.9 Å². The molecule has 1 aliphatic carbocycles. The molecule has 0 fully saturated rings. The predicted molar refractivity (Wildman–Crippen MR) is 76.9 cm³/mol. The van der Waals surface area contributed by atoms with Gasteiger partial charge < -0.3 is 4.74 Å². The zero-order valence-electron chi connectivity index (χ0n) is 11.6. The molecule has 0 spiro atoms. The van der Waals surface area contributed by atoms with E-state index >= 15 is 0 Å². The average molecular weight is 279 g/mol. The van der Waals surface area contributed by atoms with E-state index in [2.05, 4.69) is 13.8 Å². The van der Waals surface area contributed by atoms with Crippen molar-refractivity contribution in [2.75, 3.05) is 0 Å². The van der Waals surface area contributed by atoms with E-state index in [0.29, 0.717) is 25.2 Å². The summed E-state index contributed by atoms with van der Waals surface area (Å²) in [6, 6.07) is 8.15. The van der Waals surface area contributed by atoms with Gasteiger partial charge in [-0.15, -0.1) is 0 Å². The Labute approximate surface area is 119 Å². The van der Waals surface area contributed by atoms with E-state index in [-0.39, 0.29) is 16.2 Å². The van der Waals surface area contributed by atoms with Gasteiger partial charge in [0.05, 0.1) is 0 Å². The SMILES string of the molecule is Cc1ccc(COC2=C(Cl)C(=O)CC(C)(C)C2)cc1. The zero-order valence-corrected chi connectivity index (χ0v) is 12.4. The van der Waals surface area contributed by atoms with E-state index in [4.69, 9.17) is 16.3 Å². The fraction of sp³-hybridized carbons (Fsp3) is 0.438. The summed E-state index contributed by atoms with van der Waals surface area (Å²) in [6.07, 6.45) is 1.20. The molecule has 0 saturated heterocycles. The molecule has 3 heteroatoms. The minimum Gasteiger partial charge on any atom is -0.492 e. The van der Waals surface area contributed by atoms with Gasteiger partial charge in [-0.3, -0.25) is 4.79 Å². The van der Waals surface area contributed by atoms with Crippen molar-refractivity contribution in [2.45, 2.75) is 40.2 Å². The molecule has 2 rings (SSSR count). The second kappa shape index (κ2) is 5.38. The molecule has 0 aliphatic heterocycles. The Balaban J connectivity index is 2.07. The third-order valence-electron chi connectivity index (χ3n) is 3.30. The third kappa shape index (κ3) is 3.60. The Morgan fingerprint density at radius 1 is 1.21 bits per heavy atom. The van der Waals surface area contributed by atoms with E-state index in [1.54, 1.807) is 0 Å². The molecule has 0 saturated carbocycles. The highest BCUT2D eigenvalue weighted by atomic mass is 35.5. The summed E-state index contributed by atoms with van der Waals surface area (Å²) in [7, 11) is 0. The fourth-order valence-electron chi connectivity index (χ4n) is 2.21. The zero-order chi connectivity index (χ0) is 14.0. The molecule has 0 aromatic heterocycles. The number of benzene rings is 1. The van der Waals surface area contributed by atoms with Crippen LogP contribution in [-0.2, 0) is 16.1 Å². The van der Waals surface area contributed by atoms with Crippen molar-refractivity contribution in [3.63, 3.8) is 0 Å². The number of Topliss-reactive ketones (excluding diaryl/α,β-unsaturated/α-hetero) is 1. The summed E-state index contributed by atoms with van der Waals surface area (Å²) >= 11 is 6.06. The summed E-state index contributed by atoms with van der Waals surface area (Å²) in [5, 5.41) is 0.270. The van der Waals surface area contributed by atoms with Crippen LogP contribution in [0, 0.1) is 12.3 Å². The first-order valence-electron chi connectivity index (χ1n) is 6.48. The standard InChI is InChI=1S/C16H19ClO2/c1-11-4-6-12(7-5-11)10-19-14-9-16(2,3)8-13(18)15(14)17/h4-7H,8-10H2,1-3H3. The van der Waals surface area contributed by atoms with E-state index in [1.165, 1.54) is 5.56 Å². The van der Waals surface area contributed by atoms with Crippen LogP contribution in [0.5, 0.6) is 0 Å². The Morgan fingerprint density at radius 2 is 1.84 bits per heavy atom. The van der Waals surface area contributed by atoms with Crippen LogP contribution in [0.1, 0.15) is 37.8 Å². The molecule has 1 aromatic carbocycles. The van der Waals surface area contributed by atoms with Crippen molar-refractivity contribution >= 4 is 17.4 Å². The summed E-state index contributed by atoms with van der Waals surface area (Å²) in [5.41, 5.74) is 2.23. The second-order valence-electron chi connectivity index (χ2n) is 5.95. The predicted octanol–water partition coefficient (Wildman–Crippen LogP) is 4.35. The lowest BCUT2D eigenvalue weighted by Crippen LogP contribution is -2.25. The van der Waals surface area contributed by atoms with Gasteiger partial charge in [-0.1, -0.05) is 55.3 Å². The minimum atomic E-state index is -0.0713. The average Bonchev–Trinajstić information content (AvgIpc) is 2.33. The first kappa shape index (κ1) is 14.1. The van der Waals surface area contributed by atoms with Crippen molar-refractivity contribution in [1.29, 1.82) is 0 Å². The highest BCUT2D eigenvalue weighted by Gasteiger charge is 2.33. The van der Waals surface area contributed by atoms with Crippen LogP contribution in [0.25, 0.3) is 0 Å². The highest BCUT2D eigenvalue weighted by Crippen LogP contribution is 2.38. The number of allylic oxidation sites excluding steroid dienone is 2. The smallest absolute Gasteiger partial charge is 0.178 e. The van der Waals surface area contributed by atoms with Gasteiger partial charge in [0, 0.05) is 12.8 Å². The van der Waals surface area contributed by atoms with E-state index in [0.717, 1.165) is 5.56 Å². The van der Waals surface area contributed by atoms with Crippen molar-refractivity contribution in [2.24, 2.45) is 5.41 Å². The molecule has 0 atom stereocenters. The molecule has 0 bridgehead atoms. The molecule has 0 N–H and O–H groups in total. The lowest BCUT2D eigenvalue weighted by molar-refractivity contribution is -0.118. The second-order valence-corrected chi connectivity index (χ2v) is 6.33. The molecule has 0 amide bonds. The van der Waals surface area contributed by atoms with E-state index < -0.39 is 0 Å². The van der Waals surface area contributed by atoms with Crippen LogP contribution in [-0.4, -0.2) is 5.78 Å². The molecule has 0 heterocycles. The number of carbonyl (C=O) groups excluding carboxylic acids is 1. The topological polar surface area (TPSA) is 26.3 Å².